The van der Waals surface area contributed by atoms with Crippen molar-refractivity contribution >= 4 is 16.6 Å². The highest BCUT2D eigenvalue weighted by Gasteiger charge is 2.04. The van der Waals surface area contributed by atoms with Crippen molar-refractivity contribution in [2.24, 2.45) is 0 Å². The van der Waals surface area contributed by atoms with E-state index in [-0.39, 0.29) is 0 Å². The Morgan fingerprint density at radius 1 is 1.00 bits per heavy atom. The second-order valence-electron chi connectivity index (χ2n) is 5.13. The largest absolute Gasteiger partial charge is 0.383 e. The zero-order valence-electron chi connectivity index (χ0n) is 11.7. The van der Waals surface area contributed by atoms with Crippen LogP contribution >= 0.6 is 0 Å². The highest BCUT2D eigenvalue weighted by Crippen LogP contribution is 2.21. The molecule has 0 aliphatic heterocycles. The first-order valence-electron chi connectivity index (χ1n) is 6.81. The number of aromatic nitrogens is 2. The lowest BCUT2D eigenvalue weighted by Crippen LogP contribution is -2.09. The molecule has 0 aliphatic rings. The first-order chi connectivity index (χ1) is 9.72. The molecule has 3 aromatic rings. The van der Waals surface area contributed by atoms with E-state index in [1.807, 2.05) is 42.6 Å². The summed E-state index contributed by atoms with van der Waals surface area (Å²) in [6, 6.07) is 16.6. The fourth-order valence-corrected chi connectivity index (χ4v) is 2.19. The number of nitrogens with one attached hydrogen (secondary N) is 1. The number of hydrogen-bond acceptors (Lipinski definition) is 3. The van der Waals surface area contributed by atoms with Crippen LogP contribution in [-0.2, 0) is 0 Å². The summed E-state index contributed by atoms with van der Waals surface area (Å²) in [5, 5.41) is 4.46. The molecular formula is C17H17N3. The van der Waals surface area contributed by atoms with Crippen LogP contribution in [0.15, 0.2) is 54.7 Å². The molecule has 100 valence electrons. The molecule has 0 spiro atoms. The lowest BCUT2D eigenvalue weighted by molar-refractivity contribution is 0.900. The molecule has 0 saturated heterocycles. The highest BCUT2D eigenvalue weighted by molar-refractivity contribution is 5.79. The molecule has 0 amide bonds. The maximum atomic E-state index is 4.63. The van der Waals surface area contributed by atoms with Gasteiger partial charge in [0, 0.05) is 28.9 Å². The van der Waals surface area contributed by atoms with Crippen LogP contribution < -0.4 is 5.32 Å². The molecule has 2 aromatic carbocycles. The Morgan fingerprint density at radius 3 is 2.70 bits per heavy atom. The van der Waals surface area contributed by atoms with Gasteiger partial charge in [0.2, 0.25) is 0 Å². The van der Waals surface area contributed by atoms with Gasteiger partial charge in [-0.25, -0.2) is 9.97 Å². The number of anilines is 1. The SMILES string of the molecule is CC(C)Nc1cccc(-c2ncc3ccccc3n2)c1. The van der Waals surface area contributed by atoms with Crippen molar-refractivity contribution < 1.29 is 0 Å². The Labute approximate surface area is 118 Å². The first-order valence-corrected chi connectivity index (χ1v) is 6.81. The summed E-state index contributed by atoms with van der Waals surface area (Å²) in [6.45, 7) is 4.25. The summed E-state index contributed by atoms with van der Waals surface area (Å²) < 4.78 is 0. The molecule has 0 saturated carbocycles. The van der Waals surface area contributed by atoms with E-state index in [1.54, 1.807) is 0 Å². The van der Waals surface area contributed by atoms with Gasteiger partial charge >= 0.3 is 0 Å². The molecule has 0 radical (unpaired) electrons. The molecule has 0 fully saturated rings. The van der Waals surface area contributed by atoms with Gasteiger partial charge in [-0.2, -0.15) is 0 Å². The zero-order valence-corrected chi connectivity index (χ0v) is 11.7. The van der Waals surface area contributed by atoms with Gasteiger partial charge in [-0.3, -0.25) is 0 Å². The number of rotatable bonds is 3. The Morgan fingerprint density at radius 2 is 1.85 bits per heavy atom. The molecule has 3 nitrogen and oxygen atoms in total. The van der Waals surface area contributed by atoms with Crippen molar-refractivity contribution in [3.63, 3.8) is 0 Å². The summed E-state index contributed by atoms with van der Waals surface area (Å²) in [6.07, 6.45) is 1.88. The average molecular weight is 263 g/mol. The van der Waals surface area contributed by atoms with Crippen LogP contribution in [0.5, 0.6) is 0 Å². The van der Waals surface area contributed by atoms with Crippen LogP contribution in [0.3, 0.4) is 0 Å². The van der Waals surface area contributed by atoms with Crippen LogP contribution in [0.1, 0.15) is 13.8 Å². The second kappa shape index (κ2) is 5.29. The molecule has 1 heterocycles. The molecule has 3 rings (SSSR count). The molecular weight excluding hydrogens is 246 g/mol. The highest BCUT2D eigenvalue weighted by atomic mass is 14.9. The van der Waals surface area contributed by atoms with Gasteiger partial charge < -0.3 is 5.32 Å². The molecule has 0 unspecified atom stereocenters. The van der Waals surface area contributed by atoms with E-state index in [9.17, 15) is 0 Å². The van der Waals surface area contributed by atoms with E-state index in [2.05, 4.69) is 41.3 Å². The van der Waals surface area contributed by atoms with Gasteiger partial charge in [0.1, 0.15) is 0 Å². The first kappa shape index (κ1) is 12.6. The molecule has 1 N–H and O–H groups in total. The van der Waals surface area contributed by atoms with Crippen molar-refractivity contribution in [2.45, 2.75) is 19.9 Å². The van der Waals surface area contributed by atoms with Crippen LogP contribution in [-0.4, -0.2) is 16.0 Å². The maximum Gasteiger partial charge on any atom is 0.159 e. The predicted molar refractivity (Wildman–Crippen MR) is 83.7 cm³/mol. The average Bonchev–Trinajstić information content (AvgIpc) is 2.46. The summed E-state index contributed by atoms with van der Waals surface area (Å²) in [4.78, 5) is 9.09. The van der Waals surface area contributed by atoms with E-state index in [0.717, 1.165) is 28.0 Å². The molecule has 0 atom stereocenters. The summed E-state index contributed by atoms with van der Waals surface area (Å²) >= 11 is 0. The van der Waals surface area contributed by atoms with Crippen molar-refractivity contribution in [2.75, 3.05) is 5.32 Å². The maximum absolute atomic E-state index is 4.63. The quantitative estimate of drug-likeness (QED) is 0.772. The van der Waals surface area contributed by atoms with Gasteiger partial charge in [-0.1, -0.05) is 30.3 Å². The molecule has 3 heteroatoms. The van der Waals surface area contributed by atoms with Crippen molar-refractivity contribution in [1.29, 1.82) is 0 Å². The van der Waals surface area contributed by atoms with E-state index >= 15 is 0 Å². The summed E-state index contributed by atoms with van der Waals surface area (Å²) in [5.41, 5.74) is 3.09. The minimum Gasteiger partial charge on any atom is -0.383 e. The van der Waals surface area contributed by atoms with E-state index < -0.39 is 0 Å². The Kier molecular flexibility index (Phi) is 3.33. The third kappa shape index (κ3) is 2.62. The minimum absolute atomic E-state index is 0.405. The van der Waals surface area contributed by atoms with E-state index in [4.69, 9.17) is 0 Å². The fraction of sp³-hybridized carbons (Fsp3) is 0.176. The van der Waals surface area contributed by atoms with Crippen molar-refractivity contribution in [3.05, 3.63) is 54.7 Å². The standard InChI is InChI=1S/C17H17N3/c1-12(2)19-15-8-5-7-13(10-15)17-18-11-14-6-3-4-9-16(14)20-17/h3-12,19H,1-2H3. The topological polar surface area (TPSA) is 37.8 Å². The fourth-order valence-electron chi connectivity index (χ4n) is 2.19. The number of hydrogen-bond donors (Lipinski definition) is 1. The monoisotopic (exact) mass is 263 g/mol. The van der Waals surface area contributed by atoms with Gasteiger partial charge in [-0.15, -0.1) is 0 Å². The Balaban J connectivity index is 2.01. The van der Waals surface area contributed by atoms with Gasteiger partial charge in [-0.05, 0) is 32.0 Å². The third-order valence-electron chi connectivity index (χ3n) is 3.07. The lowest BCUT2D eigenvalue weighted by Gasteiger charge is -2.11. The minimum atomic E-state index is 0.405. The van der Waals surface area contributed by atoms with Gasteiger partial charge in [0.25, 0.3) is 0 Å². The van der Waals surface area contributed by atoms with Crippen LogP contribution in [0.25, 0.3) is 22.3 Å². The molecule has 0 bridgehead atoms. The Hall–Kier alpha value is -2.42. The number of para-hydroxylation sites is 1. The van der Waals surface area contributed by atoms with Gasteiger partial charge in [0.05, 0.1) is 5.52 Å². The molecule has 1 aromatic heterocycles. The number of fused-ring (bicyclic) bond motifs is 1. The lowest BCUT2D eigenvalue weighted by atomic mass is 10.1. The van der Waals surface area contributed by atoms with Gasteiger partial charge in [0.15, 0.2) is 5.82 Å². The zero-order chi connectivity index (χ0) is 13.9. The van der Waals surface area contributed by atoms with Crippen molar-refractivity contribution in [1.82, 2.24) is 9.97 Å². The van der Waals surface area contributed by atoms with E-state index in [0.29, 0.717) is 6.04 Å². The van der Waals surface area contributed by atoms with Crippen molar-refractivity contribution in [3.8, 4) is 11.4 Å². The summed E-state index contributed by atoms with van der Waals surface area (Å²) in [5.74, 6) is 0.760. The summed E-state index contributed by atoms with van der Waals surface area (Å²) in [7, 11) is 0. The van der Waals surface area contributed by atoms with Crippen LogP contribution in [0, 0.1) is 0 Å². The Bertz CT molecular complexity index is 735. The third-order valence-corrected chi connectivity index (χ3v) is 3.07. The molecule has 20 heavy (non-hydrogen) atoms. The predicted octanol–water partition coefficient (Wildman–Crippen LogP) is 4.12. The van der Waals surface area contributed by atoms with Crippen LogP contribution in [0.2, 0.25) is 0 Å². The van der Waals surface area contributed by atoms with Crippen LogP contribution in [0.4, 0.5) is 5.69 Å². The van der Waals surface area contributed by atoms with E-state index in [1.165, 1.54) is 0 Å². The molecule has 0 aliphatic carbocycles. The smallest absolute Gasteiger partial charge is 0.159 e. The number of benzene rings is 2. The second-order valence-corrected chi connectivity index (χ2v) is 5.13. The normalized spacial score (nSPS) is 10.9. The number of nitrogens with zero attached hydrogens (tertiary/aromatic N) is 2.